The van der Waals surface area contributed by atoms with Crippen molar-refractivity contribution in [3.05, 3.63) is 84.2 Å². The summed E-state index contributed by atoms with van der Waals surface area (Å²) in [6.07, 6.45) is 1.45. The molecule has 0 unspecified atom stereocenters. The molecule has 3 aromatic carbocycles. The third kappa shape index (κ3) is 6.58. The van der Waals surface area contributed by atoms with E-state index >= 15 is 0 Å². The summed E-state index contributed by atoms with van der Waals surface area (Å²) in [6.45, 7) is 2.29. The highest BCUT2D eigenvalue weighted by Crippen LogP contribution is 2.23. The monoisotopic (exact) mass is 497 g/mol. The summed E-state index contributed by atoms with van der Waals surface area (Å²) in [5.74, 6) is 0.202. The standard InChI is InChI=1S/C26H28FN3O4S/c1-34-24-10-6-23(7-11-24)29-35(32,33)25-12-8-22(9-13-25)28-26(31)20-14-16-30(17-15-20)18-19-2-4-21(27)5-3-19/h2-13,20,29H,14-18H2,1H3,(H,28,31). The van der Waals surface area contributed by atoms with Crippen LogP contribution in [0.1, 0.15) is 18.4 Å². The summed E-state index contributed by atoms with van der Waals surface area (Å²) < 4.78 is 46.0. The number of nitrogens with one attached hydrogen (secondary N) is 2. The SMILES string of the molecule is COc1ccc(NS(=O)(=O)c2ccc(NC(=O)C3CCN(Cc4ccc(F)cc4)CC3)cc2)cc1. The van der Waals surface area contributed by atoms with Gasteiger partial charge in [0, 0.05) is 23.8 Å². The zero-order chi connectivity index (χ0) is 24.8. The molecule has 184 valence electrons. The lowest BCUT2D eigenvalue weighted by atomic mass is 9.95. The molecule has 9 heteroatoms. The number of amides is 1. The molecule has 0 atom stereocenters. The van der Waals surface area contributed by atoms with Gasteiger partial charge in [0.2, 0.25) is 5.91 Å². The maximum atomic E-state index is 13.1. The topological polar surface area (TPSA) is 87.7 Å². The molecule has 1 saturated heterocycles. The van der Waals surface area contributed by atoms with Crippen LogP contribution in [0.25, 0.3) is 0 Å². The smallest absolute Gasteiger partial charge is 0.261 e. The quantitative estimate of drug-likeness (QED) is 0.479. The maximum absolute atomic E-state index is 13.1. The molecule has 1 heterocycles. The second-order valence-electron chi connectivity index (χ2n) is 8.52. The molecule has 0 bridgehead atoms. The second kappa shape index (κ2) is 10.9. The van der Waals surface area contributed by atoms with Crippen LogP contribution in [0.5, 0.6) is 5.75 Å². The Labute approximate surface area is 205 Å². The first-order valence-corrected chi connectivity index (χ1v) is 12.9. The van der Waals surface area contributed by atoms with Gasteiger partial charge >= 0.3 is 0 Å². The van der Waals surface area contributed by atoms with E-state index < -0.39 is 10.0 Å². The van der Waals surface area contributed by atoms with Gasteiger partial charge in [-0.2, -0.15) is 0 Å². The van der Waals surface area contributed by atoms with Crippen molar-refractivity contribution in [2.45, 2.75) is 24.3 Å². The number of carbonyl (C=O) groups is 1. The summed E-state index contributed by atoms with van der Waals surface area (Å²) in [5.41, 5.74) is 2.02. The number of hydrogen-bond acceptors (Lipinski definition) is 5. The Morgan fingerprint density at radius 2 is 1.54 bits per heavy atom. The fourth-order valence-corrected chi connectivity index (χ4v) is 5.09. The van der Waals surface area contributed by atoms with E-state index in [1.54, 1.807) is 55.6 Å². The Morgan fingerprint density at radius 3 is 2.14 bits per heavy atom. The van der Waals surface area contributed by atoms with Crippen molar-refractivity contribution in [1.82, 2.24) is 4.90 Å². The van der Waals surface area contributed by atoms with Gasteiger partial charge in [-0.15, -0.1) is 0 Å². The molecule has 1 aliphatic rings. The third-order valence-corrected chi connectivity index (χ3v) is 7.45. The number of methoxy groups -OCH3 is 1. The van der Waals surface area contributed by atoms with Gasteiger partial charge in [-0.1, -0.05) is 12.1 Å². The lowest BCUT2D eigenvalue weighted by Crippen LogP contribution is -2.37. The number of likely N-dealkylation sites (tertiary alicyclic amines) is 1. The predicted octanol–water partition coefficient (Wildman–Crippen LogP) is 4.49. The summed E-state index contributed by atoms with van der Waals surface area (Å²) in [6, 6.07) is 19.2. The van der Waals surface area contributed by atoms with Crippen molar-refractivity contribution in [3.63, 3.8) is 0 Å². The number of carbonyl (C=O) groups excluding carboxylic acids is 1. The van der Waals surface area contributed by atoms with Crippen LogP contribution in [0.3, 0.4) is 0 Å². The van der Waals surface area contributed by atoms with E-state index in [9.17, 15) is 17.6 Å². The molecule has 1 fully saturated rings. The minimum atomic E-state index is -3.76. The van der Waals surface area contributed by atoms with E-state index in [0.29, 0.717) is 17.1 Å². The molecule has 1 aliphatic heterocycles. The van der Waals surface area contributed by atoms with Gasteiger partial charge in [-0.25, -0.2) is 12.8 Å². The molecule has 0 aliphatic carbocycles. The van der Waals surface area contributed by atoms with Crippen molar-refractivity contribution in [2.75, 3.05) is 30.2 Å². The zero-order valence-electron chi connectivity index (χ0n) is 19.4. The number of nitrogens with zero attached hydrogens (tertiary/aromatic N) is 1. The molecule has 0 spiro atoms. The van der Waals surface area contributed by atoms with Crippen LogP contribution in [-0.4, -0.2) is 39.4 Å². The number of hydrogen-bond donors (Lipinski definition) is 2. The Bertz CT molecular complexity index is 1240. The summed E-state index contributed by atoms with van der Waals surface area (Å²) in [5, 5.41) is 2.90. The van der Waals surface area contributed by atoms with Crippen LogP contribution >= 0.6 is 0 Å². The average Bonchev–Trinajstić information content (AvgIpc) is 2.86. The highest BCUT2D eigenvalue weighted by molar-refractivity contribution is 7.92. The van der Waals surface area contributed by atoms with Gasteiger partial charge in [-0.05, 0) is 92.2 Å². The fraction of sp³-hybridized carbons (Fsp3) is 0.269. The number of anilines is 2. The molecule has 2 N–H and O–H groups in total. The lowest BCUT2D eigenvalue weighted by Gasteiger charge is -2.31. The molecule has 1 amide bonds. The minimum Gasteiger partial charge on any atom is -0.497 e. The molecular formula is C26H28FN3O4S. The molecule has 0 radical (unpaired) electrons. The van der Waals surface area contributed by atoms with E-state index in [4.69, 9.17) is 4.74 Å². The highest BCUT2D eigenvalue weighted by Gasteiger charge is 2.25. The lowest BCUT2D eigenvalue weighted by molar-refractivity contribution is -0.121. The van der Waals surface area contributed by atoms with Crippen LogP contribution in [0.2, 0.25) is 0 Å². The van der Waals surface area contributed by atoms with Crippen molar-refractivity contribution >= 4 is 27.3 Å². The van der Waals surface area contributed by atoms with Gasteiger partial charge in [0.15, 0.2) is 0 Å². The number of rotatable bonds is 8. The van der Waals surface area contributed by atoms with Gasteiger partial charge in [0.05, 0.1) is 12.0 Å². The van der Waals surface area contributed by atoms with E-state index in [1.807, 2.05) is 0 Å². The molecule has 0 aromatic heterocycles. The molecule has 4 rings (SSSR count). The highest BCUT2D eigenvalue weighted by atomic mass is 32.2. The molecule has 7 nitrogen and oxygen atoms in total. The average molecular weight is 498 g/mol. The first-order chi connectivity index (χ1) is 16.8. The van der Waals surface area contributed by atoms with Crippen LogP contribution < -0.4 is 14.8 Å². The van der Waals surface area contributed by atoms with Crippen LogP contribution in [0.15, 0.2) is 77.7 Å². The van der Waals surface area contributed by atoms with Gasteiger partial charge in [-0.3, -0.25) is 14.4 Å². The second-order valence-corrected chi connectivity index (χ2v) is 10.2. The number of sulfonamides is 1. The number of ether oxygens (including phenoxy) is 1. The fourth-order valence-electron chi connectivity index (χ4n) is 4.04. The largest absolute Gasteiger partial charge is 0.497 e. The van der Waals surface area contributed by atoms with Crippen LogP contribution in [0.4, 0.5) is 15.8 Å². The first-order valence-electron chi connectivity index (χ1n) is 11.4. The third-order valence-electron chi connectivity index (χ3n) is 6.05. The zero-order valence-corrected chi connectivity index (χ0v) is 20.2. The molecule has 35 heavy (non-hydrogen) atoms. The van der Waals surface area contributed by atoms with Crippen LogP contribution in [0, 0.1) is 11.7 Å². The van der Waals surface area contributed by atoms with E-state index in [-0.39, 0.29) is 22.5 Å². The van der Waals surface area contributed by atoms with E-state index in [2.05, 4.69) is 14.9 Å². The van der Waals surface area contributed by atoms with Crippen molar-refractivity contribution in [1.29, 1.82) is 0 Å². The van der Waals surface area contributed by atoms with E-state index in [0.717, 1.165) is 38.0 Å². The Balaban J connectivity index is 1.28. The molecule has 3 aromatic rings. The Morgan fingerprint density at radius 1 is 0.943 bits per heavy atom. The Hall–Kier alpha value is -3.43. The van der Waals surface area contributed by atoms with Gasteiger partial charge in [0.1, 0.15) is 11.6 Å². The summed E-state index contributed by atoms with van der Waals surface area (Å²) in [7, 11) is -2.22. The van der Waals surface area contributed by atoms with E-state index in [1.165, 1.54) is 24.3 Å². The maximum Gasteiger partial charge on any atom is 0.261 e. The first kappa shape index (κ1) is 24.7. The van der Waals surface area contributed by atoms with Gasteiger partial charge < -0.3 is 10.1 Å². The summed E-state index contributed by atoms with van der Waals surface area (Å²) in [4.78, 5) is 15.1. The van der Waals surface area contributed by atoms with Crippen LogP contribution in [-0.2, 0) is 21.4 Å². The van der Waals surface area contributed by atoms with Crippen molar-refractivity contribution < 1.29 is 22.3 Å². The molecular weight excluding hydrogens is 469 g/mol. The summed E-state index contributed by atoms with van der Waals surface area (Å²) >= 11 is 0. The number of halogens is 1. The minimum absolute atomic E-state index is 0.0709. The van der Waals surface area contributed by atoms with Gasteiger partial charge in [0.25, 0.3) is 10.0 Å². The number of piperidine rings is 1. The van der Waals surface area contributed by atoms with Crippen molar-refractivity contribution in [3.8, 4) is 5.75 Å². The Kier molecular flexibility index (Phi) is 7.67. The normalized spacial score (nSPS) is 14.9. The van der Waals surface area contributed by atoms with Crippen molar-refractivity contribution in [2.24, 2.45) is 5.92 Å². The predicted molar refractivity (Wildman–Crippen MR) is 133 cm³/mol. The molecule has 0 saturated carbocycles. The number of benzene rings is 3.